The van der Waals surface area contributed by atoms with Gasteiger partial charge in [-0.25, -0.2) is 0 Å². The van der Waals surface area contributed by atoms with Crippen LogP contribution < -0.4 is 10.1 Å². The fraction of sp³-hybridized carbons (Fsp3) is 0.684. The molecule has 1 aromatic rings. The quantitative estimate of drug-likeness (QED) is 0.668. The van der Waals surface area contributed by atoms with E-state index in [1.165, 1.54) is 49.7 Å². The third-order valence-corrected chi connectivity index (χ3v) is 4.41. The van der Waals surface area contributed by atoms with Gasteiger partial charge in [-0.2, -0.15) is 0 Å². The predicted molar refractivity (Wildman–Crippen MR) is 90.0 cm³/mol. The van der Waals surface area contributed by atoms with Gasteiger partial charge in [0.25, 0.3) is 0 Å². The maximum atomic E-state index is 6.23. The molecule has 0 radical (unpaired) electrons. The summed E-state index contributed by atoms with van der Waals surface area (Å²) in [5.41, 5.74) is 2.66. The summed E-state index contributed by atoms with van der Waals surface area (Å²) in [7, 11) is 0. The Morgan fingerprint density at radius 1 is 1.14 bits per heavy atom. The van der Waals surface area contributed by atoms with Gasteiger partial charge in [-0.3, -0.25) is 0 Å². The molecular formula is C19H31NO. The van der Waals surface area contributed by atoms with Crippen molar-refractivity contribution in [3.05, 3.63) is 29.3 Å². The highest BCUT2D eigenvalue weighted by Gasteiger charge is 2.27. The van der Waals surface area contributed by atoms with E-state index in [2.05, 4.69) is 44.3 Å². The molecule has 2 unspecified atom stereocenters. The summed E-state index contributed by atoms with van der Waals surface area (Å²) in [6.07, 6.45) is 9.38. The first-order valence-electron chi connectivity index (χ1n) is 8.75. The van der Waals surface area contributed by atoms with Crippen LogP contribution in [0.5, 0.6) is 5.75 Å². The molecule has 2 atom stereocenters. The van der Waals surface area contributed by atoms with Crippen LogP contribution in [0.2, 0.25) is 0 Å². The SMILES string of the molecule is CCCCCCCC1CC(NCC)c2cc(C)ccc2O1. The molecule has 0 saturated heterocycles. The smallest absolute Gasteiger partial charge is 0.124 e. The molecule has 0 bridgehead atoms. The lowest BCUT2D eigenvalue weighted by Crippen LogP contribution is -2.33. The molecule has 1 aliphatic heterocycles. The summed E-state index contributed by atoms with van der Waals surface area (Å²) >= 11 is 0. The van der Waals surface area contributed by atoms with Crippen molar-refractivity contribution in [2.24, 2.45) is 0 Å². The van der Waals surface area contributed by atoms with Gasteiger partial charge in [0.1, 0.15) is 11.9 Å². The predicted octanol–water partition coefficient (Wildman–Crippen LogP) is 5.16. The minimum atomic E-state index is 0.380. The van der Waals surface area contributed by atoms with E-state index in [-0.39, 0.29) is 0 Å². The number of nitrogens with one attached hydrogen (secondary N) is 1. The second-order valence-electron chi connectivity index (χ2n) is 6.33. The third-order valence-electron chi connectivity index (χ3n) is 4.41. The molecule has 0 fully saturated rings. The highest BCUT2D eigenvalue weighted by Crippen LogP contribution is 2.36. The first kappa shape index (κ1) is 16.4. The van der Waals surface area contributed by atoms with Crippen LogP contribution in [0.3, 0.4) is 0 Å². The lowest BCUT2D eigenvalue weighted by atomic mass is 9.92. The van der Waals surface area contributed by atoms with Crippen LogP contribution in [0.1, 0.15) is 76.0 Å². The highest BCUT2D eigenvalue weighted by molar-refractivity contribution is 5.40. The van der Waals surface area contributed by atoms with Gasteiger partial charge in [0.15, 0.2) is 0 Å². The van der Waals surface area contributed by atoms with Crippen molar-refractivity contribution in [1.29, 1.82) is 0 Å². The van der Waals surface area contributed by atoms with Gasteiger partial charge in [0.2, 0.25) is 0 Å². The van der Waals surface area contributed by atoms with E-state index >= 15 is 0 Å². The van der Waals surface area contributed by atoms with Crippen LogP contribution in [-0.4, -0.2) is 12.6 Å². The molecule has 1 aromatic carbocycles. The van der Waals surface area contributed by atoms with E-state index in [1.54, 1.807) is 0 Å². The maximum Gasteiger partial charge on any atom is 0.124 e. The van der Waals surface area contributed by atoms with Crippen molar-refractivity contribution < 1.29 is 4.74 Å². The average molecular weight is 289 g/mol. The number of benzene rings is 1. The molecule has 0 amide bonds. The van der Waals surface area contributed by atoms with Crippen molar-refractivity contribution in [2.75, 3.05) is 6.54 Å². The van der Waals surface area contributed by atoms with E-state index in [0.29, 0.717) is 12.1 Å². The largest absolute Gasteiger partial charge is 0.490 e. The van der Waals surface area contributed by atoms with Crippen molar-refractivity contribution in [3.8, 4) is 5.75 Å². The fourth-order valence-electron chi connectivity index (χ4n) is 3.26. The Hall–Kier alpha value is -1.02. The number of ether oxygens (including phenoxy) is 1. The van der Waals surface area contributed by atoms with E-state index in [0.717, 1.165) is 18.7 Å². The zero-order valence-corrected chi connectivity index (χ0v) is 14.0. The lowest BCUT2D eigenvalue weighted by molar-refractivity contribution is 0.138. The topological polar surface area (TPSA) is 21.3 Å². The Morgan fingerprint density at radius 2 is 1.95 bits per heavy atom. The fourth-order valence-corrected chi connectivity index (χ4v) is 3.26. The zero-order valence-electron chi connectivity index (χ0n) is 14.0. The van der Waals surface area contributed by atoms with Crippen LogP contribution in [0.25, 0.3) is 0 Å². The Labute approximate surface area is 130 Å². The standard InChI is InChI=1S/C19H31NO/c1-4-6-7-8-9-10-16-14-18(20-5-2)17-13-15(3)11-12-19(17)21-16/h11-13,16,18,20H,4-10,14H2,1-3H3. The van der Waals surface area contributed by atoms with Gasteiger partial charge in [-0.15, -0.1) is 0 Å². The van der Waals surface area contributed by atoms with E-state index in [4.69, 9.17) is 4.74 Å². The van der Waals surface area contributed by atoms with Crippen LogP contribution in [0.15, 0.2) is 18.2 Å². The van der Waals surface area contributed by atoms with Gasteiger partial charge >= 0.3 is 0 Å². The molecule has 0 aromatic heterocycles. The van der Waals surface area contributed by atoms with E-state index in [1.807, 2.05) is 0 Å². The van der Waals surface area contributed by atoms with Crippen LogP contribution in [-0.2, 0) is 0 Å². The molecule has 1 heterocycles. The average Bonchev–Trinajstić information content (AvgIpc) is 2.48. The number of unbranched alkanes of at least 4 members (excludes halogenated alkanes) is 4. The van der Waals surface area contributed by atoms with Crippen molar-refractivity contribution in [2.45, 2.75) is 77.9 Å². The molecule has 0 saturated carbocycles. The number of fused-ring (bicyclic) bond motifs is 1. The monoisotopic (exact) mass is 289 g/mol. The molecule has 2 heteroatoms. The third kappa shape index (κ3) is 4.74. The summed E-state index contributed by atoms with van der Waals surface area (Å²) in [6, 6.07) is 7.04. The Balaban J connectivity index is 1.93. The summed E-state index contributed by atoms with van der Waals surface area (Å²) < 4.78 is 6.23. The summed E-state index contributed by atoms with van der Waals surface area (Å²) in [6.45, 7) is 7.62. The van der Waals surface area contributed by atoms with Crippen LogP contribution in [0.4, 0.5) is 0 Å². The minimum Gasteiger partial charge on any atom is -0.490 e. The molecule has 1 aliphatic rings. The van der Waals surface area contributed by atoms with Gasteiger partial charge in [-0.1, -0.05) is 57.2 Å². The van der Waals surface area contributed by atoms with E-state index < -0.39 is 0 Å². The zero-order chi connectivity index (χ0) is 15.1. The van der Waals surface area contributed by atoms with Gasteiger partial charge in [0.05, 0.1) is 0 Å². The maximum absolute atomic E-state index is 6.23. The Morgan fingerprint density at radius 3 is 2.71 bits per heavy atom. The molecular weight excluding hydrogens is 258 g/mol. The second kappa shape index (κ2) is 8.43. The molecule has 0 aliphatic carbocycles. The summed E-state index contributed by atoms with van der Waals surface area (Å²) in [5.74, 6) is 1.09. The first-order valence-corrected chi connectivity index (χ1v) is 8.75. The van der Waals surface area contributed by atoms with Crippen LogP contribution >= 0.6 is 0 Å². The highest BCUT2D eigenvalue weighted by atomic mass is 16.5. The van der Waals surface area contributed by atoms with Gasteiger partial charge in [-0.05, 0) is 32.4 Å². The van der Waals surface area contributed by atoms with Crippen LogP contribution in [0, 0.1) is 6.92 Å². The first-order chi connectivity index (χ1) is 10.2. The number of aryl methyl sites for hydroxylation is 1. The Kier molecular flexibility index (Phi) is 6.56. The second-order valence-corrected chi connectivity index (χ2v) is 6.33. The van der Waals surface area contributed by atoms with Crippen molar-refractivity contribution in [3.63, 3.8) is 0 Å². The van der Waals surface area contributed by atoms with E-state index in [9.17, 15) is 0 Å². The minimum absolute atomic E-state index is 0.380. The molecule has 118 valence electrons. The lowest BCUT2D eigenvalue weighted by Gasteiger charge is -2.33. The van der Waals surface area contributed by atoms with Crippen molar-refractivity contribution in [1.82, 2.24) is 5.32 Å². The number of hydrogen-bond donors (Lipinski definition) is 1. The number of rotatable bonds is 8. The number of hydrogen-bond acceptors (Lipinski definition) is 2. The summed E-state index contributed by atoms with van der Waals surface area (Å²) in [5, 5.41) is 3.63. The van der Waals surface area contributed by atoms with Crippen molar-refractivity contribution >= 4 is 0 Å². The molecule has 0 spiro atoms. The normalized spacial score (nSPS) is 20.9. The molecule has 1 N–H and O–H groups in total. The van der Waals surface area contributed by atoms with Gasteiger partial charge in [0, 0.05) is 18.0 Å². The van der Waals surface area contributed by atoms with Gasteiger partial charge < -0.3 is 10.1 Å². The summed E-state index contributed by atoms with van der Waals surface area (Å²) in [4.78, 5) is 0. The molecule has 2 rings (SSSR count). The molecule has 21 heavy (non-hydrogen) atoms. The molecule has 2 nitrogen and oxygen atoms in total. The Bertz CT molecular complexity index is 430.